The van der Waals surface area contributed by atoms with Crippen LogP contribution in [-0.4, -0.2) is 35.7 Å². The highest BCUT2D eigenvalue weighted by Crippen LogP contribution is 2.42. The van der Waals surface area contributed by atoms with E-state index in [9.17, 15) is 14.7 Å². The number of halogens is 2. The molecule has 2 aromatic carbocycles. The molecule has 190 valence electrons. The van der Waals surface area contributed by atoms with Crippen LogP contribution in [0.1, 0.15) is 37.8 Å². The van der Waals surface area contributed by atoms with Gasteiger partial charge in [-0.1, -0.05) is 42.4 Å². The summed E-state index contributed by atoms with van der Waals surface area (Å²) in [6.45, 7) is 3.95. The third kappa shape index (κ3) is 6.93. The number of aliphatic hydroxyl groups is 1. The van der Waals surface area contributed by atoms with E-state index in [-0.39, 0.29) is 35.3 Å². The lowest BCUT2D eigenvalue weighted by Crippen LogP contribution is -2.14. The molecule has 2 aromatic rings. The van der Waals surface area contributed by atoms with Crippen molar-refractivity contribution in [2.75, 3.05) is 13.7 Å². The Hall–Kier alpha value is -2.75. The van der Waals surface area contributed by atoms with Gasteiger partial charge in [0.2, 0.25) is 5.91 Å². The van der Waals surface area contributed by atoms with E-state index in [1.54, 1.807) is 37.3 Å². The van der Waals surface area contributed by atoms with E-state index in [1.807, 2.05) is 19.1 Å². The number of hydrogen-bond acceptors (Lipinski definition) is 7. The first-order valence-corrected chi connectivity index (χ1v) is 13.1. The van der Waals surface area contributed by atoms with Crippen LogP contribution in [0.3, 0.4) is 0 Å². The van der Waals surface area contributed by atoms with Crippen molar-refractivity contribution in [2.45, 2.75) is 33.3 Å². The van der Waals surface area contributed by atoms with E-state index in [2.05, 4.69) is 20.9 Å². The molecule has 0 aliphatic carbocycles. The summed E-state index contributed by atoms with van der Waals surface area (Å²) in [5.41, 5.74) is 1.48. The van der Waals surface area contributed by atoms with Crippen LogP contribution in [0.2, 0.25) is 5.02 Å². The van der Waals surface area contributed by atoms with Gasteiger partial charge in [0, 0.05) is 11.4 Å². The second kappa shape index (κ2) is 13.0. The lowest BCUT2D eigenvalue weighted by atomic mass is 10.1. The van der Waals surface area contributed by atoms with Crippen molar-refractivity contribution in [1.29, 1.82) is 0 Å². The van der Waals surface area contributed by atoms with Crippen LogP contribution in [0.25, 0.3) is 6.08 Å². The highest BCUT2D eigenvalue weighted by molar-refractivity contribution is 9.10. The average Bonchev–Trinajstić information content (AvgIpc) is 3.13. The third-order valence-electron chi connectivity index (χ3n) is 4.91. The Bertz CT molecular complexity index is 1240. The third-order valence-corrected chi connectivity index (χ3v) is 6.77. The molecule has 0 radical (unpaired) electrons. The predicted octanol–water partition coefficient (Wildman–Crippen LogP) is 6.88. The number of aliphatic imine (C=N–C) groups is 1. The first-order valence-electron chi connectivity index (χ1n) is 11.1. The van der Waals surface area contributed by atoms with Gasteiger partial charge >= 0.3 is 5.97 Å². The number of hydrogen-bond donors (Lipinski definition) is 1. The fraction of sp³-hybridized carbons (Fsp3) is 0.269. The summed E-state index contributed by atoms with van der Waals surface area (Å²) in [4.78, 5) is 29.0. The molecule has 7 nitrogen and oxygen atoms in total. The van der Waals surface area contributed by atoms with Gasteiger partial charge in [-0.05, 0) is 70.7 Å². The molecule has 0 atom stereocenters. The minimum Gasteiger partial charge on any atom is -0.506 e. The average molecular weight is 595 g/mol. The van der Waals surface area contributed by atoms with Crippen LogP contribution in [-0.2, 0) is 20.9 Å². The molecule has 1 aliphatic heterocycles. The molecular formula is C26H25BrClNO6S. The second-order valence-corrected chi connectivity index (χ2v) is 9.89. The lowest BCUT2D eigenvalue weighted by molar-refractivity contribution is -0.138. The standard InChI is InChI=1S/C26H25BrClNO6S/c1-4-6-21(30)29-25-22(26(32)34-5-2)23(31)20(36-25)13-16-11-18(27)24(19(12-16)33-3)35-14-15-7-9-17(28)10-8-15/h7-13,31H,4-6,14H2,1-3H3/b20-13-,29-25?. The Morgan fingerprint density at radius 1 is 1.19 bits per heavy atom. The van der Waals surface area contributed by atoms with Crippen LogP contribution in [0.5, 0.6) is 11.5 Å². The molecule has 1 N–H and O–H groups in total. The van der Waals surface area contributed by atoms with Gasteiger partial charge < -0.3 is 19.3 Å². The Kier molecular flexibility index (Phi) is 10.0. The number of nitrogens with zero attached hydrogens (tertiary/aromatic N) is 1. The van der Waals surface area contributed by atoms with Gasteiger partial charge in [-0.3, -0.25) is 4.79 Å². The normalized spacial score (nSPS) is 15.5. The van der Waals surface area contributed by atoms with Crippen LogP contribution in [0.15, 0.2) is 62.1 Å². The quantitative estimate of drug-likeness (QED) is 0.316. The van der Waals surface area contributed by atoms with Gasteiger partial charge in [0.25, 0.3) is 0 Å². The molecule has 1 aliphatic rings. The number of amides is 1. The zero-order chi connectivity index (χ0) is 26.2. The van der Waals surface area contributed by atoms with Gasteiger partial charge in [-0.15, -0.1) is 0 Å². The molecule has 0 fully saturated rings. The van der Waals surface area contributed by atoms with Crippen molar-refractivity contribution < 1.29 is 28.9 Å². The van der Waals surface area contributed by atoms with Gasteiger partial charge in [-0.25, -0.2) is 9.79 Å². The largest absolute Gasteiger partial charge is 0.506 e. The highest BCUT2D eigenvalue weighted by atomic mass is 79.9. The number of ether oxygens (including phenoxy) is 3. The van der Waals surface area contributed by atoms with Gasteiger partial charge in [0.1, 0.15) is 23.0 Å². The minimum atomic E-state index is -0.737. The molecule has 0 saturated heterocycles. The number of aliphatic hydroxyl groups excluding tert-OH is 1. The molecule has 0 unspecified atom stereocenters. The monoisotopic (exact) mass is 593 g/mol. The second-order valence-electron chi connectivity index (χ2n) is 7.56. The van der Waals surface area contributed by atoms with E-state index in [1.165, 1.54) is 7.11 Å². The van der Waals surface area contributed by atoms with Crippen molar-refractivity contribution in [3.05, 3.63) is 73.3 Å². The summed E-state index contributed by atoms with van der Waals surface area (Å²) in [6, 6.07) is 10.9. The van der Waals surface area contributed by atoms with E-state index in [0.29, 0.717) is 44.5 Å². The molecule has 0 aromatic heterocycles. The van der Waals surface area contributed by atoms with Gasteiger partial charge in [0.15, 0.2) is 11.5 Å². The van der Waals surface area contributed by atoms with Crippen LogP contribution >= 0.6 is 39.3 Å². The van der Waals surface area contributed by atoms with Gasteiger partial charge in [-0.2, -0.15) is 0 Å². The molecule has 36 heavy (non-hydrogen) atoms. The van der Waals surface area contributed by atoms with Crippen LogP contribution in [0.4, 0.5) is 0 Å². The maximum Gasteiger partial charge on any atom is 0.344 e. The van der Waals surface area contributed by atoms with Crippen molar-refractivity contribution in [1.82, 2.24) is 0 Å². The minimum absolute atomic E-state index is 0.115. The van der Waals surface area contributed by atoms with Crippen molar-refractivity contribution in [2.24, 2.45) is 4.99 Å². The summed E-state index contributed by atoms with van der Waals surface area (Å²) < 4.78 is 17.2. The van der Waals surface area contributed by atoms with E-state index in [0.717, 1.165) is 17.3 Å². The smallest absolute Gasteiger partial charge is 0.344 e. The Morgan fingerprint density at radius 2 is 1.92 bits per heavy atom. The van der Waals surface area contributed by atoms with Crippen molar-refractivity contribution in [3.63, 3.8) is 0 Å². The summed E-state index contributed by atoms with van der Waals surface area (Å²) in [5, 5.41) is 11.6. The molecule has 1 heterocycles. The number of methoxy groups -OCH3 is 1. The fourth-order valence-corrected chi connectivity index (χ4v) is 4.96. The first-order chi connectivity index (χ1) is 17.3. The molecule has 0 saturated carbocycles. The molecule has 10 heteroatoms. The summed E-state index contributed by atoms with van der Waals surface area (Å²) in [7, 11) is 1.53. The first kappa shape index (κ1) is 27.8. The van der Waals surface area contributed by atoms with Crippen LogP contribution < -0.4 is 9.47 Å². The summed E-state index contributed by atoms with van der Waals surface area (Å²) in [6.07, 6.45) is 2.53. The van der Waals surface area contributed by atoms with E-state index >= 15 is 0 Å². The Morgan fingerprint density at radius 3 is 2.56 bits per heavy atom. The molecule has 3 rings (SSSR count). The highest BCUT2D eigenvalue weighted by Gasteiger charge is 2.33. The van der Waals surface area contributed by atoms with Crippen LogP contribution in [0, 0.1) is 0 Å². The zero-order valence-electron chi connectivity index (χ0n) is 20.0. The Labute approximate surface area is 227 Å². The summed E-state index contributed by atoms with van der Waals surface area (Å²) in [5.74, 6) is -0.428. The maximum absolute atomic E-state index is 12.5. The van der Waals surface area contributed by atoms with Crippen molar-refractivity contribution >= 4 is 62.3 Å². The van der Waals surface area contributed by atoms with E-state index in [4.69, 9.17) is 25.8 Å². The van der Waals surface area contributed by atoms with Crippen molar-refractivity contribution in [3.8, 4) is 11.5 Å². The van der Waals surface area contributed by atoms with E-state index < -0.39 is 5.97 Å². The molecule has 0 spiro atoms. The molecule has 0 bridgehead atoms. The number of rotatable bonds is 9. The predicted molar refractivity (Wildman–Crippen MR) is 146 cm³/mol. The lowest BCUT2D eigenvalue weighted by Gasteiger charge is -2.14. The topological polar surface area (TPSA) is 94.4 Å². The maximum atomic E-state index is 12.5. The zero-order valence-corrected chi connectivity index (χ0v) is 23.1. The molecular weight excluding hydrogens is 570 g/mol. The number of thioether (sulfide) groups is 1. The number of carbonyl (C=O) groups is 2. The molecule has 1 amide bonds. The Balaban J connectivity index is 1.92. The SMILES string of the molecule is CCCC(=O)N=C1S/C(=C\c2cc(Br)c(OCc3ccc(Cl)cc3)c(OC)c2)C(O)=C1C(=O)OCC. The summed E-state index contributed by atoms with van der Waals surface area (Å²) >= 11 is 10.5. The number of esters is 1. The fourth-order valence-electron chi connectivity index (χ4n) is 3.23. The number of carbonyl (C=O) groups excluding carboxylic acids is 2. The number of benzene rings is 2. The van der Waals surface area contributed by atoms with Gasteiger partial charge in [0.05, 0.1) is 23.1 Å².